The Morgan fingerprint density at radius 1 is 1.43 bits per heavy atom. The number of aliphatic hydroxyl groups excluding tert-OH is 1. The van der Waals surface area contributed by atoms with Crippen molar-refractivity contribution in [2.24, 2.45) is 7.05 Å². The van der Waals surface area contributed by atoms with Crippen molar-refractivity contribution in [3.63, 3.8) is 0 Å². The molecule has 0 aliphatic rings. The van der Waals surface area contributed by atoms with Gasteiger partial charge in [0.2, 0.25) is 0 Å². The summed E-state index contributed by atoms with van der Waals surface area (Å²) >= 11 is 1.59. The van der Waals surface area contributed by atoms with E-state index in [0.717, 1.165) is 10.7 Å². The lowest BCUT2D eigenvalue weighted by Crippen LogP contribution is -2.37. The van der Waals surface area contributed by atoms with Crippen molar-refractivity contribution in [3.05, 3.63) is 34.0 Å². The van der Waals surface area contributed by atoms with Crippen LogP contribution in [0.2, 0.25) is 0 Å². The maximum atomic E-state index is 11.8. The van der Waals surface area contributed by atoms with Crippen LogP contribution < -0.4 is 10.6 Å². The largest absolute Gasteiger partial charge is 0.386 e. The van der Waals surface area contributed by atoms with Crippen LogP contribution in [0.1, 0.15) is 43.1 Å². The summed E-state index contributed by atoms with van der Waals surface area (Å²) in [7, 11) is 1.77. The number of carbonyl (C=O) groups is 1. The number of rotatable bonds is 5. The van der Waals surface area contributed by atoms with Crippen LogP contribution in [0.15, 0.2) is 17.8 Å². The normalized spacial score (nSPS) is 12.9. The zero-order valence-electron chi connectivity index (χ0n) is 13.8. The van der Waals surface area contributed by atoms with Gasteiger partial charge in [-0.25, -0.2) is 9.78 Å². The molecule has 0 radical (unpaired) electrons. The van der Waals surface area contributed by atoms with E-state index in [1.165, 1.54) is 0 Å². The SMILES string of the molecule is Cn1cc([C@H](O)CNC(=O)NCc2csc(C(C)(C)C)n2)cn1. The van der Waals surface area contributed by atoms with E-state index < -0.39 is 6.10 Å². The van der Waals surface area contributed by atoms with Crippen molar-refractivity contribution in [3.8, 4) is 0 Å². The van der Waals surface area contributed by atoms with E-state index in [4.69, 9.17) is 0 Å². The summed E-state index contributed by atoms with van der Waals surface area (Å²) in [6.45, 7) is 6.81. The number of nitrogens with zero attached hydrogens (tertiary/aromatic N) is 3. The third-order valence-corrected chi connectivity index (χ3v) is 4.51. The molecule has 2 amide bonds. The highest BCUT2D eigenvalue weighted by molar-refractivity contribution is 7.09. The number of urea groups is 1. The number of amides is 2. The molecule has 126 valence electrons. The summed E-state index contributed by atoms with van der Waals surface area (Å²) in [4.78, 5) is 16.3. The molecule has 0 saturated heterocycles. The van der Waals surface area contributed by atoms with Gasteiger partial charge < -0.3 is 15.7 Å². The Morgan fingerprint density at radius 2 is 2.17 bits per heavy atom. The number of thiazole rings is 1. The number of hydrogen-bond acceptors (Lipinski definition) is 5. The molecular formula is C15H23N5O2S. The number of aryl methyl sites for hydroxylation is 1. The summed E-state index contributed by atoms with van der Waals surface area (Å²) in [5, 5.41) is 22.3. The minimum Gasteiger partial charge on any atom is -0.386 e. The molecular weight excluding hydrogens is 314 g/mol. The Bertz CT molecular complexity index is 659. The first kappa shape index (κ1) is 17.4. The quantitative estimate of drug-likeness (QED) is 0.774. The minimum absolute atomic E-state index is 0.0129. The number of carbonyl (C=O) groups excluding carboxylic acids is 1. The van der Waals surface area contributed by atoms with Crippen LogP contribution in [0.4, 0.5) is 4.79 Å². The Balaban J connectivity index is 1.76. The summed E-state index contributed by atoms with van der Waals surface area (Å²) < 4.78 is 1.60. The summed E-state index contributed by atoms with van der Waals surface area (Å²) in [6.07, 6.45) is 2.52. The Kier molecular flexibility index (Phi) is 5.38. The fraction of sp³-hybridized carbons (Fsp3) is 0.533. The molecule has 0 aliphatic carbocycles. The Morgan fingerprint density at radius 3 is 2.74 bits per heavy atom. The van der Waals surface area contributed by atoms with E-state index in [1.807, 2.05) is 5.38 Å². The summed E-state index contributed by atoms with van der Waals surface area (Å²) in [5.41, 5.74) is 1.52. The summed E-state index contributed by atoms with van der Waals surface area (Å²) in [6, 6.07) is -0.335. The average molecular weight is 337 g/mol. The first-order chi connectivity index (χ1) is 10.8. The van der Waals surface area contributed by atoms with Gasteiger partial charge in [-0.3, -0.25) is 4.68 Å². The number of aliphatic hydroxyl groups is 1. The lowest BCUT2D eigenvalue weighted by atomic mass is 9.98. The van der Waals surface area contributed by atoms with E-state index in [0.29, 0.717) is 12.1 Å². The van der Waals surface area contributed by atoms with Gasteiger partial charge in [0, 0.05) is 36.1 Å². The van der Waals surface area contributed by atoms with E-state index >= 15 is 0 Å². The fourth-order valence-electron chi connectivity index (χ4n) is 1.89. The molecule has 2 heterocycles. The molecule has 0 saturated carbocycles. The average Bonchev–Trinajstić information content (AvgIpc) is 3.10. The standard InChI is InChI=1S/C15H23N5O2S/c1-15(2,3)13-19-11(9-23-13)6-16-14(22)17-7-12(21)10-5-18-20(4)8-10/h5,8-9,12,21H,6-7H2,1-4H3,(H2,16,17,22)/t12-/m1/s1. The molecule has 2 aromatic heterocycles. The van der Waals surface area contributed by atoms with E-state index in [1.54, 1.807) is 35.5 Å². The minimum atomic E-state index is -0.777. The van der Waals surface area contributed by atoms with Crippen LogP contribution in [0.3, 0.4) is 0 Å². The molecule has 0 unspecified atom stereocenters. The molecule has 1 atom stereocenters. The Hall–Kier alpha value is -1.93. The Labute approximate surface area is 139 Å². The van der Waals surface area contributed by atoms with Gasteiger partial charge in [-0.05, 0) is 0 Å². The van der Waals surface area contributed by atoms with E-state index in [-0.39, 0.29) is 18.0 Å². The van der Waals surface area contributed by atoms with Gasteiger partial charge in [0.25, 0.3) is 0 Å². The van der Waals surface area contributed by atoms with Crippen molar-refractivity contribution < 1.29 is 9.90 Å². The van der Waals surface area contributed by atoms with Gasteiger partial charge in [-0.2, -0.15) is 5.10 Å². The van der Waals surface area contributed by atoms with Crippen LogP contribution in [0, 0.1) is 0 Å². The van der Waals surface area contributed by atoms with Crippen molar-refractivity contribution in [1.82, 2.24) is 25.4 Å². The second kappa shape index (κ2) is 7.10. The van der Waals surface area contributed by atoms with Crippen LogP contribution >= 0.6 is 11.3 Å². The molecule has 2 aromatic rings. The highest BCUT2D eigenvalue weighted by Gasteiger charge is 2.18. The molecule has 23 heavy (non-hydrogen) atoms. The molecule has 0 spiro atoms. The van der Waals surface area contributed by atoms with E-state index in [2.05, 4.69) is 41.5 Å². The van der Waals surface area contributed by atoms with Gasteiger partial charge in [-0.1, -0.05) is 20.8 Å². The molecule has 0 fully saturated rings. The molecule has 7 nitrogen and oxygen atoms in total. The second-order valence-corrected chi connectivity index (χ2v) is 7.28. The lowest BCUT2D eigenvalue weighted by molar-refractivity contribution is 0.173. The first-order valence-electron chi connectivity index (χ1n) is 7.39. The molecule has 0 aliphatic heterocycles. The van der Waals surface area contributed by atoms with Crippen molar-refractivity contribution in [2.75, 3.05) is 6.54 Å². The van der Waals surface area contributed by atoms with Gasteiger partial charge in [0.1, 0.15) is 0 Å². The third-order valence-electron chi connectivity index (χ3n) is 3.19. The van der Waals surface area contributed by atoms with Gasteiger partial charge in [0.05, 0.1) is 29.5 Å². The first-order valence-corrected chi connectivity index (χ1v) is 8.27. The highest BCUT2D eigenvalue weighted by atomic mass is 32.1. The molecule has 8 heteroatoms. The highest BCUT2D eigenvalue weighted by Crippen LogP contribution is 2.25. The third kappa shape index (κ3) is 5.04. The van der Waals surface area contributed by atoms with Gasteiger partial charge >= 0.3 is 6.03 Å². The van der Waals surface area contributed by atoms with Crippen LogP contribution in [0.25, 0.3) is 0 Å². The predicted molar refractivity (Wildman–Crippen MR) is 89.2 cm³/mol. The van der Waals surface area contributed by atoms with Crippen molar-refractivity contribution in [2.45, 2.75) is 38.8 Å². The number of hydrogen-bond donors (Lipinski definition) is 3. The molecule has 0 bridgehead atoms. The maximum absolute atomic E-state index is 11.8. The van der Waals surface area contributed by atoms with Gasteiger partial charge in [0.15, 0.2) is 0 Å². The van der Waals surface area contributed by atoms with E-state index in [9.17, 15) is 9.90 Å². The topological polar surface area (TPSA) is 92.1 Å². The maximum Gasteiger partial charge on any atom is 0.315 e. The summed E-state index contributed by atoms with van der Waals surface area (Å²) in [5.74, 6) is 0. The zero-order valence-corrected chi connectivity index (χ0v) is 14.6. The van der Waals surface area contributed by atoms with Crippen LogP contribution in [-0.4, -0.2) is 32.4 Å². The monoisotopic (exact) mass is 337 g/mol. The fourth-order valence-corrected chi connectivity index (χ4v) is 2.79. The molecule has 3 N–H and O–H groups in total. The predicted octanol–water partition coefficient (Wildman–Crippen LogP) is 1.71. The smallest absolute Gasteiger partial charge is 0.315 e. The van der Waals surface area contributed by atoms with Gasteiger partial charge in [-0.15, -0.1) is 11.3 Å². The van der Waals surface area contributed by atoms with Crippen LogP contribution in [0.5, 0.6) is 0 Å². The lowest BCUT2D eigenvalue weighted by Gasteiger charge is -2.13. The van der Waals surface area contributed by atoms with Crippen molar-refractivity contribution in [1.29, 1.82) is 0 Å². The second-order valence-electron chi connectivity index (χ2n) is 6.42. The molecule has 0 aromatic carbocycles. The van der Waals surface area contributed by atoms with Crippen molar-refractivity contribution >= 4 is 17.4 Å². The zero-order chi connectivity index (χ0) is 17.0. The number of aromatic nitrogens is 3. The van der Waals surface area contributed by atoms with Crippen LogP contribution in [-0.2, 0) is 19.0 Å². The molecule has 2 rings (SSSR count). The number of nitrogens with one attached hydrogen (secondary N) is 2.